The Morgan fingerprint density at radius 1 is 1.47 bits per heavy atom. The predicted octanol–water partition coefficient (Wildman–Crippen LogP) is 0.0892. The fraction of sp³-hybridized carbons (Fsp3) is 0.909. The SMILES string of the molecule is COC(C)C(=O)N1CCC2CNCC2C1. The highest BCUT2D eigenvalue weighted by Crippen LogP contribution is 2.26. The fourth-order valence-electron chi connectivity index (χ4n) is 2.59. The molecule has 0 aromatic rings. The van der Waals surface area contributed by atoms with E-state index < -0.39 is 0 Å². The maximum absolute atomic E-state index is 11.9. The number of piperidine rings is 1. The third kappa shape index (κ3) is 2.16. The number of fused-ring (bicyclic) bond motifs is 1. The van der Waals surface area contributed by atoms with Gasteiger partial charge in [0.15, 0.2) is 0 Å². The highest BCUT2D eigenvalue weighted by molar-refractivity contribution is 5.80. The van der Waals surface area contributed by atoms with Crippen LogP contribution in [0.1, 0.15) is 13.3 Å². The molecule has 3 atom stereocenters. The van der Waals surface area contributed by atoms with E-state index in [0.29, 0.717) is 5.92 Å². The molecule has 2 aliphatic rings. The molecule has 1 N–H and O–H groups in total. The number of likely N-dealkylation sites (tertiary alicyclic amines) is 1. The number of hydrogen-bond donors (Lipinski definition) is 1. The number of methoxy groups -OCH3 is 1. The summed E-state index contributed by atoms with van der Waals surface area (Å²) >= 11 is 0. The largest absolute Gasteiger partial charge is 0.372 e. The van der Waals surface area contributed by atoms with Crippen LogP contribution in [-0.4, -0.2) is 50.2 Å². The summed E-state index contributed by atoms with van der Waals surface area (Å²) in [6, 6.07) is 0. The first-order chi connectivity index (χ1) is 7.22. The van der Waals surface area contributed by atoms with Crippen LogP contribution in [0.2, 0.25) is 0 Å². The molecule has 0 radical (unpaired) electrons. The number of amides is 1. The Labute approximate surface area is 91.0 Å². The van der Waals surface area contributed by atoms with Crippen LogP contribution in [0.5, 0.6) is 0 Å². The third-order valence-electron chi connectivity index (χ3n) is 3.72. The van der Waals surface area contributed by atoms with Gasteiger partial charge in [0, 0.05) is 20.2 Å². The average molecular weight is 212 g/mol. The topological polar surface area (TPSA) is 41.6 Å². The predicted molar refractivity (Wildman–Crippen MR) is 57.5 cm³/mol. The van der Waals surface area contributed by atoms with Gasteiger partial charge in [-0.15, -0.1) is 0 Å². The lowest BCUT2D eigenvalue weighted by atomic mass is 9.88. The number of carbonyl (C=O) groups is 1. The zero-order valence-electron chi connectivity index (χ0n) is 9.53. The summed E-state index contributed by atoms with van der Waals surface area (Å²) in [5.41, 5.74) is 0. The Kier molecular flexibility index (Phi) is 3.26. The number of carbonyl (C=O) groups excluding carboxylic acids is 1. The zero-order chi connectivity index (χ0) is 10.8. The van der Waals surface area contributed by atoms with Gasteiger partial charge < -0.3 is 15.0 Å². The molecule has 1 amide bonds. The first kappa shape index (κ1) is 10.9. The van der Waals surface area contributed by atoms with Gasteiger partial charge in [-0.2, -0.15) is 0 Å². The lowest BCUT2D eigenvalue weighted by molar-refractivity contribution is -0.143. The van der Waals surface area contributed by atoms with Gasteiger partial charge in [0.1, 0.15) is 6.10 Å². The van der Waals surface area contributed by atoms with Gasteiger partial charge in [-0.05, 0) is 38.3 Å². The van der Waals surface area contributed by atoms with Crippen molar-refractivity contribution in [2.24, 2.45) is 11.8 Å². The van der Waals surface area contributed by atoms with E-state index in [0.717, 1.165) is 38.5 Å². The van der Waals surface area contributed by atoms with E-state index in [4.69, 9.17) is 4.74 Å². The molecule has 0 aromatic heterocycles. The van der Waals surface area contributed by atoms with Gasteiger partial charge in [-0.1, -0.05) is 0 Å². The summed E-state index contributed by atoms with van der Waals surface area (Å²) in [5.74, 6) is 1.58. The first-order valence-electron chi connectivity index (χ1n) is 5.74. The van der Waals surface area contributed by atoms with Crippen LogP contribution in [0.25, 0.3) is 0 Å². The summed E-state index contributed by atoms with van der Waals surface area (Å²) in [6.07, 6.45) is 0.843. The van der Waals surface area contributed by atoms with Crippen LogP contribution in [-0.2, 0) is 9.53 Å². The zero-order valence-corrected chi connectivity index (χ0v) is 9.53. The van der Waals surface area contributed by atoms with E-state index in [2.05, 4.69) is 5.32 Å². The third-order valence-corrected chi connectivity index (χ3v) is 3.72. The molecule has 4 nitrogen and oxygen atoms in total. The van der Waals surface area contributed by atoms with Crippen LogP contribution in [0.4, 0.5) is 0 Å². The van der Waals surface area contributed by atoms with Gasteiger partial charge in [-0.25, -0.2) is 0 Å². The molecule has 0 saturated carbocycles. The van der Waals surface area contributed by atoms with Gasteiger partial charge in [0.05, 0.1) is 0 Å². The van der Waals surface area contributed by atoms with Crippen LogP contribution in [0.3, 0.4) is 0 Å². The Hall–Kier alpha value is -0.610. The molecule has 2 aliphatic heterocycles. The standard InChI is InChI=1S/C11H20N2O2/c1-8(15-2)11(14)13-4-3-9-5-12-6-10(9)7-13/h8-10,12H,3-7H2,1-2H3. The minimum Gasteiger partial charge on any atom is -0.372 e. The Morgan fingerprint density at radius 2 is 2.20 bits per heavy atom. The molecule has 0 aromatic carbocycles. The Balaban J connectivity index is 1.92. The van der Waals surface area contributed by atoms with Crippen LogP contribution in [0.15, 0.2) is 0 Å². The second-order valence-corrected chi connectivity index (χ2v) is 4.63. The van der Waals surface area contributed by atoms with E-state index in [9.17, 15) is 4.79 Å². The molecule has 0 spiro atoms. The van der Waals surface area contributed by atoms with Gasteiger partial charge in [-0.3, -0.25) is 4.79 Å². The number of rotatable bonds is 2. The molecular weight excluding hydrogens is 192 g/mol. The van der Waals surface area contributed by atoms with E-state index in [-0.39, 0.29) is 12.0 Å². The summed E-state index contributed by atoms with van der Waals surface area (Å²) in [5, 5.41) is 3.40. The van der Waals surface area contributed by atoms with Crippen LogP contribution >= 0.6 is 0 Å². The van der Waals surface area contributed by atoms with E-state index in [1.54, 1.807) is 7.11 Å². The molecule has 4 heteroatoms. The Bertz CT molecular complexity index is 245. The summed E-state index contributed by atoms with van der Waals surface area (Å²) in [6.45, 7) is 5.82. The first-order valence-corrected chi connectivity index (χ1v) is 5.74. The minimum atomic E-state index is -0.295. The smallest absolute Gasteiger partial charge is 0.251 e. The highest BCUT2D eigenvalue weighted by Gasteiger charge is 2.35. The van der Waals surface area contributed by atoms with Gasteiger partial charge in [0.2, 0.25) is 0 Å². The van der Waals surface area contributed by atoms with Gasteiger partial charge in [0.25, 0.3) is 5.91 Å². The number of ether oxygens (including phenoxy) is 1. The lowest BCUT2D eigenvalue weighted by Gasteiger charge is -2.35. The van der Waals surface area contributed by atoms with E-state index in [1.807, 2.05) is 11.8 Å². The van der Waals surface area contributed by atoms with Crippen molar-refractivity contribution in [3.05, 3.63) is 0 Å². The number of hydrogen-bond acceptors (Lipinski definition) is 3. The molecular formula is C11H20N2O2. The molecule has 86 valence electrons. The summed E-state index contributed by atoms with van der Waals surface area (Å²) in [4.78, 5) is 13.9. The van der Waals surface area contributed by atoms with Crippen LogP contribution < -0.4 is 5.32 Å². The van der Waals surface area contributed by atoms with Crippen molar-refractivity contribution in [2.75, 3.05) is 33.3 Å². The van der Waals surface area contributed by atoms with Crippen molar-refractivity contribution in [1.82, 2.24) is 10.2 Å². The maximum Gasteiger partial charge on any atom is 0.251 e. The molecule has 3 unspecified atom stereocenters. The van der Waals surface area contributed by atoms with E-state index in [1.165, 1.54) is 0 Å². The Morgan fingerprint density at radius 3 is 2.93 bits per heavy atom. The average Bonchev–Trinajstić information content (AvgIpc) is 2.73. The molecule has 2 fully saturated rings. The van der Waals surface area contributed by atoms with Gasteiger partial charge >= 0.3 is 0 Å². The minimum absolute atomic E-state index is 0.142. The monoisotopic (exact) mass is 212 g/mol. The number of nitrogens with one attached hydrogen (secondary N) is 1. The van der Waals surface area contributed by atoms with Crippen LogP contribution in [0, 0.1) is 11.8 Å². The van der Waals surface area contributed by atoms with Crippen molar-refractivity contribution in [1.29, 1.82) is 0 Å². The molecule has 2 rings (SSSR count). The van der Waals surface area contributed by atoms with Crippen molar-refractivity contribution < 1.29 is 9.53 Å². The molecule has 0 aliphatic carbocycles. The maximum atomic E-state index is 11.9. The van der Waals surface area contributed by atoms with E-state index >= 15 is 0 Å². The quantitative estimate of drug-likeness (QED) is 0.705. The van der Waals surface area contributed by atoms with Crippen molar-refractivity contribution in [2.45, 2.75) is 19.4 Å². The summed E-state index contributed by atoms with van der Waals surface area (Å²) < 4.78 is 5.07. The van der Waals surface area contributed by atoms with Crippen molar-refractivity contribution >= 4 is 5.91 Å². The molecule has 2 saturated heterocycles. The lowest BCUT2D eigenvalue weighted by Crippen LogP contribution is -2.47. The molecule has 15 heavy (non-hydrogen) atoms. The second-order valence-electron chi connectivity index (χ2n) is 4.63. The normalized spacial score (nSPS) is 32.5. The highest BCUT2D eigenvalue weighted by atomic mass is 16.5. The second kappa shape index (κ2) is 4.49. The summed E-state index contributed by atoms with van der Waals surface area (Å²) in [7, 11) is 1.59. The van der Waals surface area contributed by atoms with Crippen molar-refractivity contribution in [3.8, 4) is 0 Å². The molecule has 0 bridgehead atoms. The van der Waals surface area contributed by atoms with Crippen molar-refractivity contribution in [3.63, 3.8) is 0 Å². The fourth-order valence-corrected chi connectivity index (χ4v) is 2.59. The number of nitrogens with zero attached hydrogens (tertiary/aromatic N) is 1. The molecule has 2 heterocycles.